The van der Waals surface area contributed by atoms with E-state index < -0.39 is 15.6 Å². The van der Waals surface area contributed by atoms with Crippen LogP contribution in [0.2, 0.25) is 0 Å². The molecule has 2 aromatic carbocycles. The summed E-state index contributed by atoms with van der Waals surface area (Å²) in [6, 6.07) is 6.86. The predicted molar refractivity (Wildman–Crippen MR) is 107 cm³/mol. The molecule has 0 aliphatic heterocycles. The number of aryl methyl sites for hydroxylation is 4. The molecule has 0 heterocycles. The van der Waals surface area contributed by atoms with Gasteiger partial charge in [0.15, 0.2) is 0 Å². The average Bonchev–Trinajstić information content (AvgIpc) is 2.44. The van der Waals surface area contributed by atoms with Crippen LogP contribution < -0.4 is 9.05 Å². The second kappa shape index (κ2) is 9.43. The van der Waals surface area contributed by atoms with Crippen LogP contribution in [0.3, 0.4) is 0 Å². The van der Waals surface area contributed by atoms with Crippen LogP contribution in [0.25, 0.3) is 0 Å². The van der Waals surface area contributed by atoms with Crippen molar-refractivity contribution in [3.63, 3.8) is 0 Å². The van der Waals surface area contributed by atoms with Crippen molar-refractivity contribution in [2.24, 2.45) is 0 Å². The van der Waals surface area contributed by atoms with E-state index in [9.17, 15) is 28.7 Å². The molecule has 0 fully saturated rings. The van der Waals surface area contributed by atoms with Gasteiger partial charge < -0.3 is 9.05 Å². The summed E-state index contributed by atoms with van der Waals surface area (Å²) in [5.41, 5.74) is 3.71. The van der Waals surface area contributed by atoms with E-state index in [1.807, 2.05) is 13.8 Å². The average molecular weight is 440 g/mol. The first kappa shape index (κ1) is 25.4. The number of phosphoric ester groups is 2. The Hall–Kier alpha value is -0.660. The van der Waals surface area contributed by atoms with Gasteiger partial charge in [-0.05, 0) is 49.9 Å². The Morgan fingerprint density at radius 1 is 0.714 bits per heavy atom. The summed E-state index contributed by atoms with van der Waals surface area (Å²) < 4.78 is 32.4. The van der Waals surface area contributed by atoms with Gasteiger partial charge in [-0.25, -0.2) is 9.13 Å². The molecule has 11 heteroatoms. The Labute approximate surface area is 185 Å². The second-order valence-corrected chi connectivity index (χ2v) is 8.81. The molecule has 2 rings (SSSR count). The quantitative estimate of drug-likeness (QED) is 0.398. The first-order valence-electron chi connectivity index (χ1n) is 7.96. The van der Waals surface area contributed by atoms with Crippen molar-refractivity contribution >= 4 is 45.2 Å². The summed E-state index contributed by atoms with van der Waals surface area (Å²) in [7, 11) is -9.56. The molecule has 0 saturated carbocycles. The Morgan fingerprint density at radius 3 is 1.32 bits per heavy atom. The van der Waals surface area contributed by atoms with E-state index in [-0.39, 0.29) is 47.5 Å². The number of rotatable bonds is 6. The number of benzene rings is 2. The molecule has 8 nitrogen and oxygen atoms in total. The zero-order valence-corrected chi connectivity index (χ0v) is 17.1. The summed E-state index contributed by atoms with van der Waals surface area (Å²) >= 11 is 0. The molecule has 0 spiro atoms. The van der Waals surface area contributed by atoms with Crippen molar-refractivity contribution < 1.29 is 37.8 Å². The minimum atomic E-state index is -4.78. The van der Waals surface area contributed by atoms with E-state index in [4.69, 9.17) is 9.05 Å². The van der Waals surface area contributed by atoms with Crippen molar-refractivity contribution in [1.29, 1.82) is 0 Å². The molecule has 0 unspecified atom stereocenters. The molecule has 0 saturated heterocycles. The molecule has 0 aromatic heterocycles. The maximum absolute atomic E-state index is 11.3. The van der Waals surface area contributed by atoms with Gasteiger partial charge in [0, 0.05) is 6.42 Å². The minimum absolute atomic E-state index is 0. The van der Waals surface area contributed by atoms with Crippen LogP contribution >= 0.6 is 15.6 Å². The zero-order chi connectivity index (χ0) is 20.6. The molecule has 150 valence electrons. The fourth-order valence-electron chi connectivity index (χ4n) is 3.05. The fourth-order valence-corrected chi connectivity index (χ4v) is 4.05. The van der Waals surface area contributed by atoms with Gasteiger partial charge >= 0.3 is 45.2 Å². The van der Waals surface area contributed by atoms with Crippen LogP contribution in [0.4, 0.5) is 0 Å². The van der Waals surface area contributed by atoms with Gasteiger partial charge in [-0.1, -0.05) is 35.4 Å². The second-order valence-electron chi connectivity index (χ2n) is 6.48. The van der Waals surface area contributed by atoms with Crippen molar-refractivity contribution in [2.45, 2.75) is 34.1 Å². The Bertz CT molecular complexity index is 887. The molecule has 4 N–H and O–H groups in total. The van der Waals surface area contributed by atoms with E-state index in [1.54, 1.807) is 38.1 Å². The van der Waals surface area contributed by atoms with Crippen LogP contribution in [0.15, 0.2) is 24.3 Å². The first-order chi connectivity index (χ1) is 12.2. The van der Waals surface area contributed by atoms with Crippen LogP contribution in [0.5, 0.6) is 11.5 Å². The summed E-state index contributed by atoms with van der Waals surface area (Å²) in [6.45, 7) is 6.98. The summed E-state index contributed by atoms with van der Waals surface area (Å²) in [5, 5.41) is 0. The standard InChI is InChI=1S/C17H22O8P2.Na.H/c1-10-5-12(3)16(24-26(18,19)20)14(7-10)9-15-8-11(2)6-13(4)17(15)25-27(21,22)23;;/h5-8H,9H2,1-4H3,(H2,18,19,20)(H2,21,22,23);;. The normalized spacial score (nSPS) is 11.7. The molecule has 0 aliphatic rings. The van der Waals surface area contributed by atoms with Crippen LogP contribution in [0.1, 0.15) is 33.4 Å². The Kier molecular flexibility index (Phi) is 8.55. The fraction of sp³-hybridized carbons (Fsp3) is 0.294. The predicted octanol–water partition coefficient (Wildman–Crippen LogP) is 2.81. The molecule has 28 heavy (non-hydrogen) atoms. The van der Waals surface area contributed by atoms with Crippen molar-refractivity contribution in [3.05, 3.63) is 57.6 Å². The van der Waals surface area contributed by atoms with Gasteiger partial charge in [0.05, 0.1) is 0 Å². The number of hydrogen-bond donors (Lipinski definition) is 4. The molecule has 0 amide bonds. The van der Waals surface area contributed by atoms with Crippen molar-refractivity contribution in [3.8, 4) is 11.5 Å². The van der Waals surface area contributed by atoms with Gasteiger partial charge in [-0.2, -0.15) is 0 Å². The third-order valence-electron chi connectivity index (χ3n) is 3.79. The van der Waals surface area contributed by atoms with E-state index >= 15 is 0 Å². The van der Waals surface area contributed by atoms with E-state index in [0.717, 1.165) is 11.1 Å². The van der Waals surface area contributed by atoms with Crippen LogP contribution in [-0.2, 0) is 15.6 Å². The Morgan fingerprint density at radius 2 is 1.04 bits per heavy atom. The van der Waals surface area contributed by atoms with E-state index in [0.29, 0.717) is 22.3 Å². The first-order valence-corrected chi connectivity index (χ1v) is 11.0. The van der Waals surface area contributed by atoms with Crippen LogP contribution in [-0.4, -0.2) is 49.1 Å². The monoisotopic (exact) mass is 440 g/mol. The number of phosphoric acid groups is 2. The summed E-state index contributed by atoms with van der Waals surface area (Å²) in [4.78, 5) is 36.8. The Balaban J connectivity index is 0.00000392. The van der Waals surface area contributed by atoms with Gasteiger partial charge in [0.25, 0.3) is 0 Å². The molecule has 0 atom stereocenters. The summed E-state index contributed by atoms with van der Waals surface area (Å²) in [6.07, 6.45) is 0.107. The third-order valence-corrected chi connectivity index (χ3v) is 4.63. The maximum atomic E-state index is 11.3. The van der Waals surface area contributed by atoms with Crippen LogP contribution in [0, 0.1) is 27.7 Å². The molecule has 0 aliphatic carbocycles. The molecule has 2 aromatic rings. The number of hydrogen-bond acceptors (Lipinski definition) is 4. The molecule has 0 radical (unpaired) electrons. The molecule has 0 bridgehead atoms. The third kappa shape index (κ3) is 7.30. The van der Waals surface area contributed by atoms with Gasteiger partial charge in [0.1, 0.15) is 11.5 Å². The van der Waals surface area contributed by atoms with Gasteiger partial charge in [-0.3, -0.25) is 19.6 Å². The zero-order valence-electron chi connectivity index (χ0n) is 15.3. The van der Waals surface area contributed by atoms with Crippen molar-refractivity contribution in [1.82, 2.24) is 0 Å². The summed E-state index contributed by atoms with van der Waals surface area (Å²) in [5.74, 6) is 0.0745. The van der Waals surface area contributed by atoms with E-state index in [2.05, 4.69) is 0 Å². The SMILES string of the molecule is Cc1cc(C)c(OP(=O)(O)O)c(Cc2cc(C)cc(C)c2OP(=O)(O)O)c1.[NaH]. The van der Waals surface area contributed by atoms with Gasteiger partial charge in [-0.15, -0.1) is 0 Å². The van der Waals surface area contributed by atoms with E-state index in [1.165, 1.54) is 0 Å². The van der Waals surface area contributed by atoms with Crippen molar-refractivity contribution in [2.75, 3.05) is 0 Å². The topological polar surface area (TPSA) is 134 Å². The molecular formula is C17H23NaO8P2. The molecular weight excluding hydrogens is 417 g/mol. The van der Waals surface area contributed by atoms with Gasteiger partial charge in [0.2, 0.25) is 0 Å².